The Morgan fingerprint density at radius 2 is 2.00 bits per heavy atom. The first-order valence-electron chi connectivity index (χ1n) is 11.5. The SMILES string of the molecule is C=C(C)[C@H](CC=C(C)C)CCc1c(O)ccc2c1O[C@@H](c1ccc(O)cc1OCC)CC2=O. The number of aromatic hydroxyl groups is 2. The van der Waals surface area contributed by atoms with Crippen LogP contribution in [0.5, 0.6) is 23.0 Å². The molecule has 5 heteroatoms. The van der Waals surface area contributed by atoms with Crippen molar-refractivity contribution in [3.63, 3.8) is 0 Å². The van der Waals surface area contributed by atoms with Crippen LogP contribution in [0.25, 0.3) is 0 Å². The fraction of sp³-hybridized carbons (Fsp3) is 0.393. The van der Waals surface area contributed by atoms with Crippen molar-refractivity contribution in [3.05, 3.63) is 70.8 Å². The van der Waals surface area contributed by atoms with Gasteiger partial charge in [0.2, 0.25) is 0 Å². The topological polar surface area (TPSA) is 76.0 Å². The number of phenols is 2. The quantitative estimate of drug-likeness (QED) is 0.417. The number of benzene rings is 2. The summed E-state index contributed by atoms with van der Waals surface area (Å²) in [5.74, 6) is 1.37. The Kier molecular flexibility index (Phi) is 7.85. The summed E-state index contributed by atoms with van der Waals surface area (Å²) >= 11 is 0. The summed E-state index contributed by atoms with van der Waals surface area (Å²) in [6, 6.07) is 8.03. The summed E-state index contributed by atoms with van der Waals surface area (Å²) in [4.78, 5) is 13.0. The smallest absolute Gasteiger partial charge is 0.170 e. The number of phenolic OH excluding ortho intramolecular Hbond substituents is 2. The van der Waals surface area contributed by atoms with Crippen LogP contribution in [-0.4, -0.2) is 22.6 Å². The lowest BCUT2D eigenvalue weighted by atomic mass is 9.88. The monoisotopic (exact) mass is 450 g/mol. The molecule has 0 fully saturated rings. The second-order valence-corrected chi connectivity index (χ2v) is 8.93. The first-order valence-corrected chi connectivity index (χ1v) is 11.5. The van der Waals surface area contributed by atoms with Crippen LogP contribution in [0.15, 0.2) is 54.1 Å². The Labute approximate surface area is 196 Å². The zero-order chi connectivity index (χ0) is 24.1. The van der Waals surface area contributed by atoms with Crippen LogP contribution in [0.4, 0.5) is 0 Å². The molecule has 176 valence electrons. The number of carbonyl (C=O) groups is 1. The molecule has 0 spiro atoms. The molecule has 2 N–H and O–H groups in total. The third-order valence-electron chi connectivity index (χ3n) is 6.06. The number of hydrogen-bond acceptors (Lipinski definition) is 5. The van der Waals surface area contributed by atoms with E-state index in [9.17, 15) is 15.0 Å². The number of ether oxygens (including phenoxy) is 2. The first-order chi connectivity index (χ1) is 15.7. The summed E-state index contributed by atoms with van der Waals surface area (Å²) in [5, 5.41) is 20.5. The van der Waals surface area contributed by atoms with Crippen molar-refractivity contribution in [1.29, 1.82) is 0 Å². The van der Waals surface area contributed by atoms with Gasteiger partial charge in [0, 0.05) is 17.2 Å². The highest BCUT2D eigenvalue weighted by molar-refractivity contribution is 6.00. The molecule has 1 aliphatic heterocycles. The van der Waals surface area contributed by atoms with E-state index < -0.39 is 6.10 Å². The second-order valence-electron chi connectivity index (χ2n) is 8.93. The van der Waals surface area contributed by atoms with E-state index >= 15 is 0 Å². The molecule has 0 amide bonds. The molecule has 33 heavy (non-hydrogen) atoms. The molecule has 0 saturated carbocycles. The van der Waals surface area contributed by atoms with Crippen molar-refractivity contribution < 1.29 is 24.5 Å². The van der Waals surface area contributed by atoms with Gasteiger partial charge in [-0.05, 0) is 77.1 Å². The second kappa shape index (κ2) is 10.6. The van der Waals surface area contributed by atoms with Gasteiger partial charge in [-0.25, -0.2) is 0 Å². The molecule has 1 heterocycles. The average molecular weight is 451 g/mol. The first kappa shape index (κ1) is 24.4. The van der Waals surface area contributed by atoms with Crippen LogP contribution in [0, 0.1) is 5.92 Å². The zero-order valence-corrected chi connectivity index (χ0v) is 20.0. The molecular formula is C28H34O5. The number of carbonyl (C=O) groups excluding carboxylic acids is 1. The predicted octanol–water partition coefficient (Wildman–Crippen LogP) is 6.68. The highest BCUT2D eigenvalue weighted by Crippen LogP contribution is 2.44. The van der Waals surface area contributed by atoms with Crippen molar-refractivity contribution in [2.75, 3.05) is 6.61 Å². The van der Waals surface area contributed by atoms with Crippen LogP contribution in [0.2, 0.25) is 0 Å². The van der Waals surface area contributed by atoms with Crippen molar-refractivity contribution >= 4 is 5.78 Å². The number of hydrogen-bond donors (Lipinski definition) is 2. The fourth-order valence-electron chi connectivity index (χ4n) is 4.18. The van der Waals surface area contributed by atoms with Gasteiger partial charge in [0.15, 0.2) is 5.78 Å². The Morgan fingerprint density at radius 3 is 2.67 bits per heavy atom. The maximum absolute atomic E-state index is 13.0. The molecule has 0 aliphatic carbocycles. The van der Waals surface area contributed by atoms with Crippen LogP contribution < -0.4 is 9.47 Å². The van der Waals surface area contributed by atoms with Crippen LogP contribution in [0.1, 0.15) is 74.5 Å². The zero-order valence-electron chi connectivity index (χ0n) is 20.0. The number of rotatable bonds is 9. The van der Waals surface area contributed by atoms with E-state index in [1.54, 1.807) is 24.3 Å². The van der Waals surface area contributed by atoms with E-state index in [4.69, 9.17) is 9.47 Å². The highest BCUT2D eigenvalue weighted by atomic mass is 16.5. The predicted molar refractivity (Wildman–Crippen MR) is 130 cm³/mol. The Hall–Kier alpha value is -3.21. The van der Waals surface area contributed by atoms with Gasteiger partial charge in [0.25, 0.3) is 0 Å². The van der Waals surface area contributed by atoms with Gasteiger partial charge in [-0.2, -0.15) is 0 Å². The number of Topliss-reactive ketones (excluding diaryl/α,β-unsaturated/α-hetero) is 1. The molecule has 2 atom stereocenters. The average Bonchev–Trinajstić information content (AvgIpc) is 2.74. The molecular weight excluding hydrogens is 416 g/mol. The minimum Gasteiger partial charge on any atom is -0.508 e. The molecule has 3 rings (SSSR count). The number of fused-ring (bicyclic) bond motifs is 1. The van der Waals surface area contributed by atoms with Crippen molar-refractivity contribution in [3.8, 4) is 23.0 Å². The van der Waals surface area contributed by atoms with E-state index in [0.717, 1.165) is 18.4 Å². The summed E-state index contributed by atoms with van der Waals surface area (Å²) < 4.78 is 12.0. The van der Waals surface area contributed by atoms with E-state index in [-0.39, 0.29) is 29.6 Å². The van der Waals surface area contributed by atoms with Gasteiger partial charge < -0.3 is 19.7 Å². The molecule has 2 aromatic rings. The minimum atomic E-state index is -0.560. The molecule has 2 aromatic carbocycles. The van der Waals surface area contributed by atoms with Crippen LogP contribution in [0.3, 0.4) is 0 Å². The Bertz CT molecular complexity index is 1060. The van der Waals surface area contributed by atoms with Gasteiger partial charge in [0.1, 0.15) is 29.1 Å². The van der Waals surface area contributed by atoms with E-state index in [1.807, 2.05) is 13.8 Å². The van der Waals surface area contributed by atoms with Gasteiger partial charge in [-0.3, -0.25) is 4.79 Å². The summed E-state index contributed by atoms with van der Waals surface area (Å²) in [7, 11) is 0. The van der Waals surface area contributed by atoms with E-state index in [1.165, 1.54) is 11.6 Å². The van der Waals surface area contributed by atoms with E-state index in [0.29, 0.717) is 41.2 Å². The van der Waals surface area contributed by atoms with Crippen molar-refractivity contribution in [2.24, 2.45) is 5.92 Å². The molecule has 5 nitrogen and oxygen atoms in total. The van der Waals surface area contributed by atoms with Gasteiger partial charge in [-0.15, -0.1) is 0 Å². The number of allylic oxidation sites excluding steroid dienone is 3. The lowest BCUT2D eigenvalue weighted by molar-refractivity contribution is 0.0843. The standard InChI is InChI=1S/C28H34O5/c1-6-32-26-15-20(29)10-12-23(26)27-16-25(31)22-13-14-24(30)21(28(22)33-27)11-9-19(18(4)5)8-7-17(2)3/h7,10,12-15,19,27,29-30H,4,6,8-9,11,16H2,1-3,5H3/t19-,27-/m1/s1. The summed E-state index contributed by atoms with van der Waals surface area (Å²) in [5.41, 5.74) is 4.19. The third-order valence-corrected chi connectivity index (χ3v) is 6.06. The van der Waals surface area contributed by atoms with Gasteiger partial charge >= 0.3 is 0 Å². The lowest BCUT2D eigenvalue weighted by Gasteiger charge is -2.29. The maximum Gasteiger partial charge on any atom is 0.170 e. The molecule has 0 unspecified atom stereocenters. The van der Waals surface area contributed by atoms with Gasteiger partial charge in [-0.1, -0.05) is 23.8 Å². The number of ketones is 1. The fourth-order valence-corrected chi connectivity index (χ4v) is 4.18. The van der Waals surface area contributed by atoms with Crippen molar-refractivity contribution in [1.82, 2.24) is 0 Å². The minimum absolute atomic E-state index is 0.0426. The Balaban J connectivity index is 1.92. The molecule has 0 radical (unpaired) electrons. The third kappa shape index (κ3) is 5.78. The summed E-state index contributed by atoms with van der Waals surface area (Å²) in [6.07, 6.45) is 4.05. The normalized spacial score (nSPS) is 15.9. The molecule has 0 saturated heterocycles. The summed E-state index contributed by atoms with van der Waals surface area (Å²) in [6.45, 7) is 12.6. The van der Waals surface area contributed by atoms with Crippen LogP contribution >= 0.6 is 0 Å². The van der Waals surface area contributed by atoms with E-state index in [2.05, 4.69) is 26.5 Å². The van der Waals surface area contributed by atoms with Gasteiger partial charge in [0.05, 0.1) is 18.6 Å². The molecule has 1 aliphatic rings. The Morgan fingerprint density at radius 1 is 1.24 bits per heavy atom. The molecule has 0 bridgehead atoms. The largest absolute Gasteiger partial charge is 0.508 e. The van der Waals surface area contributed by atoms with Crippen molar-refractivity contribution in [2.45, 2.75) is 59.5 Å². The molecule has 0 aromatic heterocycles. The van der Waals surface area contributed by atoms with Crippen LogP contribution in [-0.2, 0) is 6.42 Å². The highest BCUT2D eigenvalue weighted by Gasteiger charge is 2.32. The lowest BCUT2D eigenvalue weighted by Crippen LogP contribution is -2.22. The maximum atomic E-state index is 13.0.